The molecule has 0 saturated carbocycles. The minimum Gasteiger partial charge on any atom is -0.494 e. The highest BCUT2D eigenvalue weighted by Gasteiger charge is 2.08. The molecule has 1 heterocycles. The van der Waals surface area contributed by atoms with E-state index < -0.39 is 0 Å². The van der Waals surface area contributed by atoms with Crippen LogP contribution in [-0.4, -0.2) is 21.8 Å². The number of aromatic nitrogens is 3. The summed E-state index contributed by atoms with van der Waals surface area (Å²) >= 11 is 0. The maximum Gasteiger partial charge on any atom is 0.181 e. The van der Waals surface area contributed by atoms with Crippen molar-refractivity contribution in [2.45, 2.75) is 26.7 Å². The Labute approximate surface area is 101 Å². The van der Waals surface area contributed by atoms with E-state index in [0.29, 0.717) is 12.5 Å². The van der Waals surface area contributed by atoms with E-state index in [2.05, 4.69) is 29.0 Å². The van der Waals surface area contributed by atoms with E-state index in [1.807, 2.05) is 31.2 Å². The molecule has 1 N–H and O–H groups in total. The first kappa shape index (κ1) is 11.6. The molecule has 0 aliphatic heterocycles. The Morgan fingerprint density at radius 1 is 1.24 bits per heavy atom. The SMILES string of the molecule is CCOc1ccc(-c2n[nH]c(C(C)C)n2)cc1. The number of nitrogens with zero attached hydrogens (tertiary/aromatic N) is 2. The van der Waals surface area contributed by atoms with Gasteiger partial charge in [0.05, 0.1) is 6.61 Å². The van der Waals surface area contributed by atoms with Crippen molar-refractivity contribution >= 4 is 0 Å². The van der Waals surface area contributed by atoms with Crippen molar-refractivity contribution in [1.29, 1.82) is 0 Å². The van der Waals surface area contributed by atoms with Crippen LogP contribution in [0.25, 0.3) is 11.4 Å². The second kappa shape index (κ2) is 4.99. The van der Waals surface area contributed by atoms with Crippen LogP contribution in [0.15, 0.2) is 24.3 Å². The first-order valence-electron chi connectivity index (χ1n) is 5.86. The van der Waals surface area contributed by atoms with Crippen LogP contribution in [0, 0.1) is 0 Å². The fourth-order valence-electron chi connectivity index (χ4n) is 1.53. The summed E-state index contributed by atoms with van der Waals surface area (Å²) < 4.78 is 5.39. The summed E-state index contributed by atoms with van der Waals surface area (Å²) in [6.45, 7) is 6.82. The van der Waals surface area contributed by atoms with Gasteiger partial charge >= 0.3 is 0 Å². The minimum absolute atomic E-state index is 0.360. The first-order valence-corrected chi connectivity index (χ1v) is 5.86. The van der Waals surface area contributed by atoms with Gasteiger partial charge in [-0.1, -0.05) is 13.8 Å². The highest BCUT2D eigenvalue weighted by Crippen LogP contribution is 2.20. The maximum absolute atomic E-state index is 5.39. The Kier molecular flexibility index (Phi) is 3.42. The maximum atomic E-state index is 5.39. The zero-order valence-electron chi connectivity index (χ0n) is 10.4. The van der Waals surface area contributed by atoms with Crippen molar-refractivity contribution in [3.8, 4) is 17.1 Å². The van der Waals surface area contributed by atoms with Crippen molar-refractivity contribution in [2.75, 3.05) is 6.61 Å². The molecule has 1 aromatic carbocycles. The lowest BCUT2D eigenvalue weighted by Gasteiger charge is -2.02. The van der Waals surface area contributed by atoms with Crippen LogP contribution < -0.4 is 4.74 Å². The van der Waals surface area contributed by atoms with E-state index in [1.54, 1.807) is 0 Å². The Balaban J connectivity index is 2.21. The fraction of sp³-hybridized carbons (Fsp3) is 0.385. The molecule has 90 valence electrons. The number of benzene rings is 1. The van der Waals surface area contributed by atoms with Gasteiger partial charge in [-0.15, -0.1) is 0 Å². The Morgan fingerprint density at radius 3 is 2.47 bits per heavy atom. The summed E-state index contributed by atoms with van der Waals surface area (Å²) in [7, 11) is 0. The van der Waals surface area contributed by atoms with Crippen LogP contribution in [0.3, 0.4) is 0 Å². The molecule has 0 atom stereocenters. The van der Waals surface area contributed by atoms with Gasteiger partial charge in [0.1, 0.15) is 11.6 Å². The normalized spacial score (nSPS) is 10.8. The largest absolute Gasteiger partial charge is 0.494 e. The monoisotopic (exact) mass is 231 g/mol. The number of H-pyrrole nitrogens is 1. The van der Waals surface area contributed by atoms with Crippen molar-refractivity contribution in [2.24, 2.45) is 0 Å². The van der Waals surface area contributed by atoms with Crippen LogP contribution in [0.1, 0.15) is 32.5 Å². The molecule has 0 unspecified atom stereocenters. The number of nitrogens with one attached hydrogen (secondary N) is 1. The average Bonchev–Trinajstić information content (AvgIpc) is 2.80. The highest BCUT2D eigenvalue weighted by atomic mass is 16.5. The second-order valence-corrected chi connectivity index (χ2v) is 4.16. The predicted octanol–water partition coefficient (Wildman–Crippen LogP) is 2.99. The van der Waals surface area contributed by atoms with E-state index in [1.165, 1.54) is 0 Å². The molecule has 0 aliphatic rings. The quantitative estimate of drug-likeness (QED) is 0.880. The lowest BCUT2D eigenvalue weighted by Crippen LogP contribution is -1.91. The summed E-state index contributed by atoms with van der Waals surface area (Å²) in [5, 5.41) is 7.16. The first-order chi connectivity index (χ1) is 8.20. The number of hydrogen-bond acceptors (Lipinski definition) is 3. The molecule has 17 heavy (non-hydrogen) atoms. The van der Waals surface area contributed by atoms with Gasteiger partial charge in [-0.3, -0.25) is 5.10 Å². The topological polar surface area (TPSA) is 50.8 Å². The molecule has 2 aromatic rings. The molecular weight excluding hydrogens is 214 g/mol. The van der Waals surface area contributed by atoms with Crippen LogP contribution in [0.2, 0.25) is 0 Å². The molecule has 4 heteroatoms. The number of rotatable bonds is 4. The standard InChI is InChI=1S/C13H17N3O/c1-4-17-11-7-5-10(6-8-11)13-14-12(9(2)3)15-16-13/h5-9H,4H2,1-3H3,(H,14,15,16). The summed E-state index contributed by atoms with van der Waals surface area (Å²) in [6.07, 6.45) is 0. The lowest BCUT2D eigenvalue weighted by molar-refractivity contribution is 0.340. The van der Waals surface area contributed by atoms with E-state index in [9.17, 15) is 0 Å². The third-order valence-electron chi connectivity index (χ3n) is 2.47. The van der Waals surface area contributed by atoms with Gasteiger partial charge in [-0.2, -0.15) is 5.10 Å². The molecule has 0 amide bonds. The van der Waals surface area contributed by atoms with Crippen molar-refractivity contribution < 1.29 is 4.74 Å². The zero-order chi connectivity index (χ0) is 12.3. The van der Waals surface area contributed by atoms with Gasteiger partial charge < -0.3 is 4.74 Å². The van der Waals surface area contributed by atoms with Crippen molar-refractivity contribution in [3.05, 3.63) is 30.1 Å². The number of hydrogen-bond donors (Lipinski definition) is 1. The minimum atomic E-state index is 0.360. The summed E-state index contributed by atoms with van der Waals surface area (Å²) in [5.41, 5.74) is 0.997. The van der Waals surface area contributed by atoms with E-state index in [4.69, 9.17) is 4.74 Å². The molecular formula is C13H17N3O. The predicted molar refractivity (Wildman–Crippen MR) is 67.1 cm³/mol. The molecule has 0 spiro atoms. The van der Waals surface area contributed by atoms with Crippen molar-refractivity contribution in [3.63, 3.8) is 0 Å². The van der Waals surface area contributed by atoms with E-state index >= 15 is 0 Å². The third-order valence-corrected chi connectivity index (χ3v) is 2.47. The molecule has 0 radical (unpaired) electrons. The van der Waals surface area contributed by atoms with Crippen LogP contribution in [-0.2, 0) is 0 Å². The molecule has 2 rings (SSSR count). The third kappa shape index (κ3) is 2.64. The second-order valence-electron chi connectivity index (χ2n) is 4.16. The van der Waals surface area contributed by atoms with Gasteiger partial charge in [0, 0.05) is 11.5 Å². The van der Waals surface area contributed by atoms with Gasteiger partial charge in [0.15, 0.2) is 5.82 Å². The van der Waals surface area contributed by atoms with E-state index in [0.717, 1.165) is 23.0 Å². The van der Waals surface area contributed by atoms with Crippen LogP contribution >= 0.6 is 0 Å². The highest BCUT2D eigenvalue weighted by molar-refractivity contribution is 5.55. The Bertz CT molecular complexity index is 474. The van der Waals surface area contributed by atoms with Gasteiger partial charge in [0.25, 0.3) is 0 Å². The summed E-state index contributed by atoms with van der Waals surface area (Å²) in [5.74, 6) is 2.88. The smallest absolute Gasteiger partial charge is 0.181 e. The lowest BCUT2D eigenvalue weighted by atomic mass is 10.2. The van der Waals surface area contributed by atoms with Gasteiger partial charge in [-0.05, 0) is 31.2 Å². The fourth-order valence-corrected chi connectivity index (χ4v) is 1.53. The number of ether oxygens (including phenoxy) is 1. The summed E-state index contributed by atoms with van der Waals surface area (Å²) in [4.78, 5) is 4.45. The molecule has 4 nitrogen and oxygen atoms in total. The Morgan fingerprint density at radius 2 is 1.94 bits per heavy atom. The van der Waals surface area contributed by atoms with Crippen LogP contribution in [0.5, 0.6) is 5.75 Å². The van der Waals surface area contributed by atoms with Gasteiger partial charge in [-0.25, -0.2) is 4.98 Å². The molecule has 1 aromatic heterocycles. The Hall–Kier alpha value is -1.84. The van der Waals surface area contributed by atoms with E-state index in [-0.39, 0.29) is 0 Å². The average molecular weight is 231 g/mol. The molecule has 0 bridgehead atoms. The summed E-state index contributed by atoms with van der Waals surface area (Å²) in [6, 6.07) is 7.81. The molecule has 0 aliphatic carbocycles. The van der Waals surface area contributed by atoms with Crippen molar-refractivity contribution in [1.82, 2.24) is 15.2 Å². The zero-order valence-corrected chi connectivity index (χ0v) is 10.4. The molecule has 0 fully saturated rings. The van der Waals surface area contributed by atoms with Crippen LogP contribution in [0.4, 0.5) is 0 Å². The van der Waals surface area contributed by atoms with Gasteiger partial charge in [0.2, 0.25) is 0 Å². The number of aromatic amines is 1. The molecule has 0 saturated heterocycles.